The first kappa shape index (κ1) is 16.0. The number of carboxylic acids is 1. The van der Waals surface area contributed by atoms with Crippen LogP contribution in [0.3, 0.4) is 0 Å². The third kappa shape index (κ3) is 3.24. The maximum Gasteiger partial charge on any atom is 0.320 e. The lowest BCUT2D eigenvalue weighted by atomic mass is 9.85. The normalized spacial score (nSPS) is 27.7. The smallest absolute Gasteiger partial charge is 0.320 e. The van der Waals surface area contributed by atoms with Crippen molar-refractivity contribution < 1.29 is 14.7 Å². The quantitative estimate of drug-likeness (QED) is 0.875. The molecule has 0 radical (unpaired) electrons. The molecule has 3 unspecified atom stereocenters. The number of carbonyl (C=O) groups is 2. The molecule has 2 N–H and O–H groups in total. The number of carbonyl (C=O) groups excluding carboxylic acids is 1. The first-order valence-corrected chi connectivity index (χ1v) is 8.24. The van der Waals surface area contributed by atoms with Crippen molar-refractivity contribution in [3.8, 4) is 0 Å². The Hall–Kier alpha value is -1.89. The number of anilines is 1. The number of carboxylic acid groups (broad SMARTS) is 1. The summed E-state index contributed by atoms with van der Waals surface area (Å²) in [7, 11) is 1.77. The van der Waals surface area contributed by atoms with Crippen molar-refractivity contribution in [3.05, 3.63) is 11.8 Å². The molecule has 2 heterocycles. The maximum atomic E-state index is 12.4. The summed E-state index contributed by atoms with van der Waals surface area (Å²) < 4.78 is 1.62. The molecule has 1 aromatic heterocycles. The molecule has 1 aromatic rings. The third-order valence-electron chi connectivity index (χ3n) is 5.10. The van der Waals surface area contributed by atoms with Crippen molar-refractivity contribution in [2.45, 2.75) is 51.1 Å². The van der Waals surface area contributed by atoms with Crippen LogP contribution in [0, 0.1) is 12.8 Å². The second-order valence-electron chi connectivity index (χ2n) is 6.72. The number of fused-ring (bicyclic) bond motifs is 1. The van der Waals surface area contributed by atoms with Gasteiger partial charge in [-0.1, -0.05) is 12.8 Å². The predicted octanol–water partition coefficient (Wildman–Crippen LogP) is 1.38. The highest BCUT2D eigenvalue weighted by atomic mass is 16.4. The summed E-state index contributed by atoms with van der Waals surface area (Å²) in [5.41, 5.74) is 0.833. The van der Waals surface area contributed by atoms with Gasteiger partial charge in [0.15, 0.2) is 0 Å². The molecule has 2 aliphatic rings. The SMILES string of the molecule is Cc1cc(NC(=O)CN2C(C(=O)O)CC3CCCCC32)n(C)n1. The van der Waals surface area contributed by atoms with E-state index in [9.17, 15) is 14.7 Å². The van der Waals surface area contributed by atoms with Crippen molar-refractivity contribution in [1.29, 1.82) is 0 Å². The molecule has 1 saturated heterocycles. The van der Waals surface area contributed by atoms with Gasteiger partial charge in [-0.3, -0.25) is 19.2 Å². The summed E-state index contributed by atoms with van der Waals surface area (Å²) in [5.74, 6) is 0.0596. The molecule has 3 rings (SSSR count). The molecule has 7 nitrogen and oxygen atoms in total. The number of amides is 1. The predicted molar refractivity (Wildman–Crippen MR) is 85.1 cm³/mol. The Kier molecular flexibility index (Phi) is 4.39. The third-order valence-corrected chi connectivity index (χ3v) is 5.10. The molecule has 2 fully saturated rings. The van der Waals surface area contributed by atoms with E-state index in [4.69, 9.17) is 0 Å². The Morgan fingerprint density at radius 3 is 2.78 bits per heavy atom. The highest BCUT2D eigenvalue weighted by Gasteiger charge is 2.45. The van der Waals surface area contributed by atoms with Gasteiger partial charge in [0, 0.05) is 19.2 Å². The largest absolute Gasteiger partial charge is 0.480 e. The molecule has 0 bridgehead atoms. The number of rotatable bonds is 4. The van der Waals surface area contributed by atoms with Gasteiger partial charge in [-0.15, -0.1) is 0 Å². The van der Waals surface area contributed by atoms with E-state index in [-0.39, 0.29) is 18.5 Å². The zero-order chi connectivity index (χ0) is 16.6. The molecule has 1 aliphatic heterocycles. The molecule has 7 heteroatoms. The van der Waals surface area contributed by atoms with Crippen LogP contribution in [0.25, 0.3) is 0 Å². The average Bonchev–Trinajstić information content (AvgIpc) is 3.00. The summed E-state index contributed by atoms with van der Waals surface area (Å²) in [6.45, 7) is 1.99. The van der Waals surface area contributed by atoms with Crippen molar-refractivity contribution in [2.24, 2.45) is 13.0 Å². The summed E-state index contributed by atoms with van der Waals surface area (Å²) in [6, 6.07) is 1.49. The minimum absolute atomic E-state index is 0.127. The summed E-state index contributed by atoms with van der Waals surface area (Å²) >= 11 is 0. The van der Waals surface area contributed by atoms with Gasteiger partial charge in [0.05, 0.1) is 12.2 Å². The van der Waals surface area contributed by atoms with E-state index in [1.165, 1.54) is 6.42 Å². The van der Waals surface area contributed by atoms with Gasteiger partial charge in [-0.2, -0.15) is 5.10 Å². The summed E-state index contributed by atoms with van der Waals surface area (Å²) in [5, 5.41) is 16.5. The van der Waals surface area contributed by atoms with Crippen molar-refractivity contribution >= 4 is 17.7 Å². The average molecular weight is 320 g/mol. The van der Waals surface area contributed by atoms with E-state index in [0.717, 1.165) is 25.0 Å². The fourth-order valence-corrected chi connectivity index (χ4v) is 4.10. The second kappa shape index (κ2) is 6.31. The van der Waals surface area contributed by atoms with E-state index in [1.54, 1.807) is 17.8 Å². The lowest BCUT2D eigenvalue weighted by Crippen LogP contribution is -2.46. The van der Waals surface area contributed by atoms with Gasteiger partial charge in [0.25, 0.3) is 0 Å². The van der Waals surface area contributed by atoms with Crippen LogP contribution in [0.2, 0.25) is 0 Å². The van der Waals surface area contributed by atoms with Gasteiger partial charge in [-0.05, 0) is 32.1 Å². The van der Waals surface area contributed by atoms with Crippen LogP contribution in [-0.4, -0.2) is 50.3 Å². The van der Waals surface area contributed by atoms with Gasteiger partial charge in [0.2, 0.25) is 5.91 Å². The van der Waals surface area contributed by atoms with Crippen LogP contribution in [0.5, 0.6) is 0 Å². The Morgan fingerprint density at radius 2 is 2.13 bits per heavy atom. The van der Waals surface area contributed by atoms with E-state index < -0.39 is 12.0 Å². The zero-order valence-electron chi connectivity index (χ0n) is 13.7. The molecule has 1 amide bonds. The molecule has 23 heavy (non-hydrogen) atoms. The fraction of sp³-hybridized carbons (Fsp3) is 0.688. The Bertz CT molecular complexity index is 612. The van der Waals surface area contributed by atoms with Crippen LogP contribution in [-0.2, 0) is 16.6 Å². The number of aryl methyl sites for hydroxylation is 2. The number of aliphatic carboxylic acids is 1. The number of nitrogens with zero attached hydrogens (tertiary/aromatic N) is 3. The fourth-order valence-electron chi connectivity index (χ4n) is 4.10. The van der Waals surface area contributed by atoms with Crippen LogP contribution in [0.15, 0.2) is 6.07 Å². The monoisotopic (exact) mass is 320 g/mol. The van der Waals surface area contributed by atoms with E-state index >= 15 is 0 Å². The summed E-state index contributed by atoms with van der Waals surface area (Å²) in [4.78, 5) is 25.8. The van der Waals surface area contributed by atoms with Crippen LogP contribution < -0.4 is 5.32 Å². The zero-order valence-corrected chi connectivity index (χ0v) is 13.7. The lowest BCUT2D eigenvalue weighted by Gasteiger charge is -2.32. The van der Waals surface area contributed by atoms with Gasteiger partial charge >= 0.3 is 5.97 Å². The standard InChI is InChI=1S/C16H24N4O3/c1-10-7-14(19(2)18-10)17-15(21)9-20-12-6-4-3-5-11(12)8-13(20)16(22)23/h7,11-13H,3-6,8-9H2,1-2H3,(H,17,21)(H,22,23). The Balaban J connectivity index is 1.69. The Labute approximate surface area is 135 Å². The number of hydrogen-bond donors (Lipinski definition) is 2. The Morgan fingerprint density at radius 1 is 1.39 bits per heavy atom. The highest BCUT2D eigenvalue weighted by Crippen LogP contribution is 2.39. The molecule has 3 atom stereocenters. The molecule has 1 aliphatic carbocycles. The molecular weight excluding hydrogens is 296 g/mol. The van der Waals surface area contributed by atoms with Crippen LogP contribution in [0.1, 0.15) is 37.8 Å². The van der Waals surface area contributed by atoms with Crippen molar-refractivity contribution in [2.75, 3.05) is 11.9 Å². The molecule has 0 spiro atoms. The maximum absolute atomic E-state index is 12.4. The topological polar surface area (TPSA) is 87.5 Å². The van der Waals surface area contributed by atoms with Crippen molar-refractivity contribution in [3.63, 3.8) is 0 Å². The van der Waals surface area contributed by atoms with Crippen LogP contribution >= 0.6 is 0 Å². The molecular formula is C16H24N4O3. The minimum Gasteiger partial charge on any atom is -0.480 e. The number of hydrogen-bond acceptors (Lipinski definition) is 4. The van der Waals surface area contributed by atoms with Crippen LogP contribution in [0.4, 0.5) is 5.82 Å². The molecule has 0 aromatic carbocycles. The van der Waals surface area contributed by atoms with E-state index in [2.05, 4.69) is 10.4 Å². The summed E-state index contributed by atoms with van der Waals surface area (Å²) in [6.07, 6.45) is 5.02. The second-order valence-corrected chi connectivity index (χ2v) is 6.72. The van der Waals surface area contributed by atoms with E-state index in [1.807, 2.05) is 11.8 Å². The highest BCUT2D eigenvalue weighted by molar-refractivity contribution is 5.92. The van der Waals surface area contributed by atoms with E-state index in [0.29, 0.717) is 18.2 Å². The molecule has 126 valence electrons. The van der Waals surface area contributed by atoms with Gasteiger partial charge in [0.1, 0.15) is 11.9 Å². The molecule has 1 saturated carbocycles. The van der Waals surface area contributed by atoms with Gasteiger partial charge < -0.3 is 10.4 Å². The first-order valence-electron chi connectivity index (χ1n) is 8.24. The first-order chi connectivity index (χ1) is 11.0. The minimum atomic E-state index is -0.816. The van der Waals surface area contributed by atoms with Gasteiger partial charge in [-0.25, -0.2) is 0 Å². The van der Waals surface area contributed by atoms with Crippen molar-refractivity contribution in [1.82, 2.24) is 14.7 Å². The number of likely N-dealkylation sites (tertiary alicyclic amines) is 1. The number of aromatic nitrogens is 2. The lowest BCUT2D eigenvalue weighted by molar-refractivity contribution is -0.143. The number of nitrogens with one attached hydrogen (secondary N) is 1.